The Kier molecular flexibility index (Phi) is 4.77. The van der Waals surface area contributed by atoms with Crippen LogP contribution in [0, 0.1) is 0 Å². The van der Waals surface area contributed by atoms with Crippen molar-refractivity contribution >= 4 is 28.5 Å². The molecule has 2 N–H and O–H groups in total. The van der Waals surface area contributed by atoms with E-state index in [1.807, 2.05) is 42.5 Å². The van der Waals surface area contributed by atoms with Crippen LogP contribution in [0.3, 0.4) is 0 Å². The SMILES string of the molecule is CN(CCCC(=O)O)C(=O)Nc1cccc2ccccc12. The Morgan fingerprint density at radius 1 is 1.14 bits per heavy atom. The summed E-state index contributed by atoms with van der Waals surface area (Å²) in [6.07, 6.45) is 0.501. The van der Waals surface area contributed by atoms with Crippen LogP contribution in [-0.2, 0) is 4.79 Å². The fraction of sp³-hybridized carbons (Fsp3) is 0.250. The second kappa shape index (κ2) is 6.74. The van der Waals surface area contributed by atoms with Gasteiger partial charge in [0, 0.05) is 25.4 Å². The molecule has 0 heterocycles. The molecular formula is C16H18N2O3. The summed E-state index contributed by atoms with van der Waals surface area (Å²) >= 11 is 0. The first kappa shape index (κ1) is 14.8. The Morgan fingerprint density at radius 2 is 1.86 bits per heavy atom. The van der Waals surface area contributed by atoms with E-state index < -0.39 is 5.97 Å². The molecule has 0 aromatic heterocycles. The Hall–Kier alpha value is -2.56. The molecule has 0 saturated heterocycles. The van der Waals surface area contributed by atoms with Crippen LogP contribution in [0.25, 0.3) is 10.8 Å². The molecule has 0 unspecified atom stereocenters. The summed E-state index contributed by atoms with van der Waals surface area (Å²) in [5.74, 6) is -0.849. The number of rotatable bonds is 5. The van der Waals surface area contributed by atoms with Gasteiger partial charge in [0.2, 0.25) is 0 Å². The number of carbonyl (C=O) groups excluding carboxylic acids is 1. The number of aliphatic carboxylic acids is 1. The number of carboxylic acids is 1. The zero-order valence-corrected chi connectivity index (χ0v) is 11.9. The van der Waals surface area contributed by atoms with Crippen molar-refractivity contribution in [2.75, 3.05) is 18.9 Å². The van der Waals surface area contributed by atoms with Crippen LogP contribution in [0.5, 0.6) is 0 Å². The van der Waals surface area contributed by atoms with Crippen LogP contribution in [0.1, 0.15) is 12.8 Å². The minimum atomic E-state index is -0.849. The van der Waals surface area contributed by atoms with Crippen LogP contribution >= 0.6 is 0 Å². The van der Waals surface area contributed by atoms with E-state index in [0.29, 0.717) is 13.0 Å². The second-order valence-corrected chi connectivity index (χ2v) is 4.88. The van der Waals surface area contributed by atoms with Gasteiger partial charge in [0.1, 0.15) is 0 Å². The van der Waals surface area contributed by atoms with Gasteiger partial charge in [0.25, 0.3) is 0 Å². The van der Waals surface area contributed by atoms with E-state index >= 15 is 0 Å². The van der Waals surface area contributed by atoms with E-state index in [1.165, 1.54) is 4.90 Å². The van der Waals surface area contributed by atoms with Gasteiger partial charge in [0.05, 0.1) is 5.69 Å². The predicted molar refractivity (Wildman–Crippen MR) is 82.5 cm³/mol. The fourth-order valence-corrected chi connectivity index (χ4v) is 2.11. The molecule has 0 radical (unpaired) electrons. The van der Waals surface area contributed by atoms with Crippen LogP contribution in [0.15, 0.2) is 42.5 Å². The lowest BCUT2D eigenvalue weighted by molar-refractivity contribution is -0.137. The third kappa shape index (κ3) is 3.95. The monoisotopic (exact) mass is 286 g/mol. The number of urea groups is 1. The van der Waals surface area contributed by atoms with E-state index in [1.54, 1.807) is 7.05 Å². The lowest BCUT2D eigenvalue weighted by Crippen LogP contribution is -2.32. The van der Waals surface area contributed by atoms with Crippen LogP contribution < -0.4 is 5.32 Å². The Bertz CT molecular complexity index is 650. The van der Waals surface area contributed by atoms with Crippen LogP contribution in [0.2, 0.25) is 0 Å². The second-order valence-electron chi connectivity index (χ2n) is 4.88. The molecule has 0 spiro atoms. The molecule has 5 heteroatoms. The standard InChI is InChI=1S/C16H18N2O3/c1-18(11-5-10-15(19)20)16(21)17-14-9-4-7-12-6-2-3-8-13(12)14/h2-4,6-9H,5,10-11H2,1H3,(H,17,21)(H,19,20). The Labute approximate surface area is 123 Å². The molecular weight excluding hydrogens is 268 g/mol. The number of fused-ring (bicyclic) bond motifs is 1. The molecule has 110 valence electrons. The molecule has 2 aromatic rings. The average molecular weight is 286 g/mol. The third-order valence-electron chi connectivity index (χ3n) is 3.26. The molecule has 2 aromatic carbocycles. The molecule has 0 saturated carbocycles. The fourth-order valence-electron chi connectivity index (χ4n) is 2.11. The van der Waals surface area contributed by atoms with Crippen molar-refractivity contribution in [1.29, 1.82) is 0 Å². The summed E-state index contributed by atoms with van der Waals surface area (Å²) in [6, 6.07) is 13.3. The van der Waals surface area contributed by atoms with E-state index in [9.17, 15) is 9.59 Å². The number of nitrogens with zero attached hydrogens (tertiary/aromatic N) is 1. The zero-order chi connectivity index (χ0) is 15.2. The normalized spacial score (nSPS) is 10.3. The lowest BCUT2D eigenvalue weighted by atomic mass is 10.1. The van der Waals surface area contributed by atoms with E-state index in [-0.39, 0.29) is 12.5 Å². The van der Waals surface area contributed by atoms with E-state index in [0.717, 1.165) is 16.5 Å². The van der Waals surface area contributed by atoms with Gasteiger partial charge >= 0.3 is 12.0 Å². The molecule has 0 atom stereocenters. The van der Waals surface area contributed by atoms with Crippen LogP contribution in [-0.4, -0.2) is 35.6 Å². The largest absolute Gasteiger partial charge is 0.481 e. The van der Waals surface area contributed by atoms with Gasteiger partial charge in [-0.05, 0) is 17.9 Å². The van der Waals surface area contributed by atoms with Crippen molar-refractivity contribution in [1.82, 2.24) is 4.90 Å². The average Bonchev–Trinajstić information content (AvgIpc) is 2.47. The maximum absolute atomic E-state index is 12.1. The van der Waals surface area contributed by atoms with Gasteiger partial charge in [-0.1, -0.05) is 36.4 Å². The van der Waals surface area contributed by atoms with Crippen molar-refractivity contribution in [2.24, 2.45) is 0 Å². The van der Waals surface area contributed by atoms with Gasteiger partial charge in [-0.25, -0.2) is 4.79 Å². The third-order valence-corrected chi connectivity index (χ3v) is 3.26. The number of amides is 2. The highest BCUT2D eigenvalue weighted by Gasteiger charge is 2.10. The number of benzene rings is 2. The molecule has 0 bridgehead atoms. The summed E-state index contributed by atoms with van der Waals surface area (Å²) in [5.41, 5.74) is 0.753. The van der Waals surface area contributed by atoms with E-state index in [2.05, 4.69) is 5.32 Å². The van der Waals surface area contributed by atoms with Gasteiger partial charge in [0.15, 0.2) is 0 Å². The molecule has 2 amide bonds. The minimum Gasteiger partial charge on any atom is -0.481 e. The first-order valence-corrected chi connectivity index (χ1v) is 6.79. The first-order valence-electron chi connectivity index (χ1n) is 6.79. The first-order chi connectivity index (χ1) is 10.1. The Balaban J connectivity index is 2.02. The smallest absolute Gasteiger partial charge is 0.321 e. The summed E-state index contributed by atoms with van der Waals surface area (Å²) in [7, 11) is 1.66. The number of carboxylic acid groups (broad SMARTS) is 1. The number of nitrogens with one attached hydrogen (secondary N) is 1. The molecule has 2 rings (SSSR count). The number of carbonyl (C=O) groups is 2. The molecule has 5 nitrogen and oxygen atoms in total. The number of anilines is 1. The van der Waals surface area contributed by atoms with Crippen molar-refractivity contribution < 1.29 is 14.7 Å². The molecule has 0 fully saturated rings. The van der Waals surface area contributed by atoms with Crippen molar-refractivity contribution in [3.8, 4) is 0 Å². The molecule has 0 aliphatic rings. The molecule has 0 aliphatic carbocycles. The van der Waals surface area contributed by atoms with Gasteiger partial charge in [-0.3, -0.25) is 4.79 Å². The predicted octanol–water partition coefficient (Wildman–Crippen LogP) is 3.17. The Morgan fingerprint density at radius 3 is 2.62 bits per heavy atom. The van der Waals surface area contributed by atoms with Gasteiger partial charge in [-0.2, -0.15) is 0 Å². The van der Waals surface area contributed by atoms with E-state index in [4.69, 9.17) is 5.11 Å². The highest BCUT2D eigenvalue weighted by molar-refractivity contribution is 6.01. The topological polar surface area (TPSA) is 69.6 Å². The van der Waals surface area contributed by atoms with Crippen molar-refractivity contribution in [2.45, 2.75) is 12.8 Å². The van der Waals surface area contributed by atoms with Gasteiger partial charge in [-0.15, -0.1) is 0 Å². The molecule has 21 heavy (non-hydrogen) atoms. The summed E-state index contributed by atoms with van der Waals surface area (Å²) in [5, 5.41) is 13.5. The summed E-state index contributed by atoms with van der Waals surface area (Å²) < 4.78 is 0. The number of hydrogen-bond donors (Lipinski definition) is 2. The van der Waals surface area contributed by atoms with Crippen LogP contribution in [0.4, 0.5) is 10.5 Å². The highest BCUT2D eigenvalue weighted by Crippen LogP contribution is 2.23. The zero-order valence-electron chi connectivity index (χ0n) is 11.9. The lowest BCUT2D eigenvalue weighted by Gasteiger charge is -2.18. The van der Waals surface area contributed by atoms with Gasteiger partial charge < -0.3 is 15.3 Å². The maximum Gasteiger partial charge on any atom is 0.321 e. The maximum atomic E-state index is 12.1. The number of hydrogen-bond acceptors (Lipinski definition) is 2. The summed E-state index contributed by atoms with van der Waals surface area (Å²) in [4.78, 5) is 24.1. The van der Waals surface area contributed by atoms with Crippen molar-refractivity contribution in [3.05, 3.63) is 42.5 Å². The van der Waals surface area contributed by atoms with Crippen molar-refractivity contribution in [3.63, 3.8) is 0 Å². The quantitative estimate of drug-likeness (QED) is 0.887. The highest BCUT2D eigenvalue weighted by atomic mass is 16.4. The minimum absolute atomic E-state index is 0.0614. The molecule has 0 aliphatic heterocycles. The summed E-state index contributed by atoms with van der Waals surface area (Å²) in [6.45, 7) is 0.406.